The maximum Gasteiger partial charge on any atom is 0.173 e. The summed E-state index contributed by atoms with van der Waals surface area (Å²) < 4.78 is 11.8. The van der Waals surface area contributed by atoms with Gasteiger partial charge in [-0.1, -0.05) is 18.0 Å². The predicted octanol–water partition coefficient (Wildman–Crippen LogP) is 5.20. The van der Waals surface area contributed by atoms with E-state index in [1.807, 2.05) is 14.1 Å². The van der Waals surface area contributed by atoms with Crippen molar-refractivity contribution in [2.45, 2.75) is 71.1 Å². The molecule has 6 nitrogen and oxygen atoms in total. The number of nitrogens with one attached hydrogen (secondary N) is 1. The van der Waals surface area contributed by atoms with Crippen LogP contribution >= 0.6 is 0 Å². The Labute approximate surface area is 211 Å². The fourth-order valence-electron chi connectivity index (χ4n) is 5.89. The van der Waals surface area contributed by atoms with E-state index in [-0.39, 0.29) is 0 Å². The first-order valence-corrected chi connectivity index (χ1v) is 14.0. The SMILES string of the molecule is CNC.Cc1c(OCC2CC2)ccc2c(CCC3CCN(CC4CCCCC4CO)CC3)noc12. The highest BCUT2D eigenvalue weighted by Crippen LogP contribution is 2.35. The molecule has 2 atom stereocenters. The highest BCUT2D eigenvalue weighted by atomic mass is 16.5. The number of aryl methyl sites for hydroxylation is 2. The lowest BCUT2D eigenvalue weighted by Gasteiger charge is -2.38. The fraction of sp³-hybridized carbons (Fsp3) is 0.759. The molecule has 2 aromatic rings. The zero-order valence-corrected chi connectivity index (χ0v) is 22.2. The standard InChI is InChI=1S/C27H40N2O3.C2H7N/c1-19-26(31-18-21-6-7-21)11-9-24-25(28-32-27(19)24)10-8-20-12-14-29(15-13-20)16-22-4-2-3-5-23(22)17-30;1-3-2/h9,11,20-23,30H,2-8,10,12-18H2,1H3;3H,1-2H3. The van der Waals surface area contributed by atoms with Gasteiger partial charge in [0.05, 0.1) is 12.3 Å². The number of nitrogens with zero attached hydrogens (tertiary/aromatic N) is 2. The highest BCUT2D eigenvalue weighted by molar-refractivity contribution is 5.84. The fourth-order valence-corrected chi connectivity index (χ4v) is 5.89. The Morgan fingerprint density at radius 2 is 1.74 bits per heavy atom. The molecule has 1 saturated heterocycles. The summed E-state index contributed by atoms with van der Waals surface area (Å²) in [5, 5.41) is 18.1. The van der Waals surface area contributed by atoms with Gasteiger partial charge in [-0.25, -0.2) is 0 Å². The Hall–Kier alpha value is -1.63. The van der Waals surface area contributed by atoms with Crippen molar-refractivity contribution in [3.05, 3.63) is 23.4 Å². The van der Waals surface area contributed by atoms with Crippen LogP contribution in [0.1, 0.15) is 69.0 Å². The van der Waals surface area contributed by atoms with Gasteiger partial charge in [0.25, 0.3) is 0 Å². The first kappa shape index (κ1) is 26.4. The van der Waals surface area contributed by atoms with Crippen molar-refractivity contribution in [1.29, 1.82) is 0 Å². The van der Waals surface area contributed by atoms with Crippen LogP contribution in [-0.2, 0) is 6.42 Å². The molecule has 1 aliphatic heterocycles. The minimum Gasteiger partial charge on any atom is -0.493 e. The minimum atomic E-state index is 0.375. The Morgan fingerprint density at radius 1 is 1.03 bits per heavy atom. The second kappa shape index (κ2) is 13.1. The van der Waals surface area contributed by atoms with Crippen LogP contribution in [-0.4, -0.2) is 62.1 Å². The first-order valence-electron chi connectivity index (χ1n) is 14.0. The van der Waals surface area contributed by atoms with Crippen molar-refractivity contribution in [2.75, 3.05) is 46.9 Å². The topological polar surface area (TPSA) is 70.8 Å². The second-order valence-corrected chi connectivity index (χ2v) is 11.2. The van der Waals surface area contributed by atoms with Gasteiger partial charge < -0.3 is 24.6 Å². The summed E-state index contributed by atoms with van der Waals surface area (Å²) in [4.78, 5) is 2.66. The van der Waals surface area contributed by atoms with Crippen molar-refractivity contribution in [1.82, 2.24) is 15.4 Å². The molecule has 0 bridgehead atoms. The number of ether oxygens (including phenoxy) is 1. The van der Waals surface area contributed by atoms with Gasteiger partial charge in [-0.3, -0.25) is 0 Å². The summed E-state index contributed by atoms with van der Waals surface area (Å²) in [6.45, 7) is 6.90. The summed E-state index contributed by atoms with van der Waals surface area (Å²) in [5.41, 5.74) is 3.08. The summed E-state index contributed by atoms with van der Waals surface area (Å²) in [6, 6.07) is 4.24. The van der Waals surface area contributed by atoms with Crippen molar-refractivity contribution >= 4 is 11.0 Å². The van der Waals surface area contributed by atoms with E-state index in [1.165, 1.54) is 77.4 Å². The number of aliphatic hydroxyl groups excluding tert-OH is 1. The molecule has 3 aliphatic rings. The van der Waals surface area contributed by atoms with Crippen molar-refractivity contribution in [2.24, 2.45) is 23.7 Å². The molecule has 0 amide bonds. The molecular weight excluding hydrogens is 438 g/mol. The van der Waals surface area contributed by atoms with Crippen LogP contribution in [0.4, 0.5) is 0 Å². The Balaban J connectivity index is 0.000000917. The molecule has 2 heterocycles. The molecule has 0 spiro atoms. The summed E-state index contributed by atoms with van der Waals surface area (Å²) in [6.07, 6.45) is 12.5. The van der Waals surface area contributed by atoms with Crippen molar-refractivity contribution in [3.63, 3.8) is 0 Å². The third-order valence-electron chi connectivity index (χ3n) is 8.38. The van der Waals surface area contributed by atoms with Crippen LogP contribution in [0, 0.1) is 30.6 Å². The molecule has 1 aromatic carbocycles. The Morgan fingerprint density at radius 3 is 2.43 bits per heavy atom. The molecule has 196 valence electrons. The molecule has 2 aliphatic carbocycles. The molecule has 3 fully saturated rings. The van der Waals surface area contributed by atoms with Crippen LogP contribution in [0.3, 0.4) is 0 Å². The predicted molar refractivity (Wildman–Crippen MR) is 142 cm³/mol. The lowest BCUT2D eigenvalue weighted by atomic mass is 9.79. The molecule has 1 aromatic heterocycles. The molecule has 35 heavy (non-hydrogen) atoms. The third-order valence-corrected chi connectivity index (χ3v) is 8.38. The van der Waals surface area contributed by atoms with Crippen LogP contribution < -0.4 is 10.1 Å². The normalized spacial score (nSPS) is 23.8. The van der Waals surface area contributed by atoms with E-state index < -0.39 is 0 Å². The van der Waals surface area contributed by atoms with Crippen molar-refractivity contribution < 1.29 is 14.4 Å². The van der Waals surface area contributed by atoms with E-state index in [1.54, 1.807) is 0 Å². The molecule has 5 rings (SSSR count). The number of aliphatic hydroxyl groups is 1. The number of aromatic nitrogens is 1. The van der Waals surface area contributed by atoms with Crippen molar-refractivity contribution in [3.8, 4) is 5.75 Å². The van der Waals surface area contributed by atoms with Gasteiger partial charge in [-0.2, -0.15) is 0 Å². The first-order chi connectivity index (χ1) is 17.1. The summed E-state index contributed by atoms with van der Waals surface area (Å²) >= 11 is 0. The van der Waals surface area contributed by atoms with E-state index in [0.29, 0.717) is 18.4 Å². The largest absolute Gasteiger partial charge is 0.493 e. The second-order valence-electron chi connectivity index (χ2n) is 11.2. The Bertz CT molecular complexity index is 902. The number of likely N-dealkylation sites (tertiary alicyclic amines) is 1. The average molecular weight is 486 g/mol. The van der Waals surface area contributed by atoms with Gasteiger partial charge >= 0.3 is 0 Å². The maximum absolute atomic E-state index is 9.71. The van der Waals surface area contributed by atoms with Crippen LogP contribution in [0.25, 0.3) is 11.0 Å². The summed E-state index contributed by atoms with van der Waals surface area (Å²) in [5.74, 6) is 3.71. The molecule has 2 N–H and O–H groups in total. The van der Waals surface area contributed by atoms with Gasteiger partial charge in [-0.05, 0) is 121 Å². The zero-order chi connectivity index (χ0) is 24.6. The monoisotopic (exact) mass is 485 g/mol. The molecule has 2 saturated carbocycles. The van der Waals surface area contributed by atoms with E-state index in [4.69, 9.17) is 9.26 Å². The van der Waals surface area contributed by atoms with Crippen LogP contribution in [0.15, 0.2) is 16.7 Å². The van der Waals surface area contributed by atoms with Gasteiger partial charge in [0, 0.05) is 24.1 Å². The smallest absolute Gasteiger partial charge is 0.173 e. The van der Waals surface area contributed by atoms with E-state index in [0.717, 1.165) is 52.8 Å². The number of hydrogen-bond donors (Lipinski definition) is 2. The zero-order valence-electron chi connectivity index (χ0n) is 22.2. The van der Waals surface area contributed by atoms with Gasteiger partial charge in [0.2, 0.25) is 0 Å². The van der Waals surface area contributed by atoms with E-state index in [9.17, 15) is 5.11 Å². The number of rotatable bonds is 9. The number of fused-ring (bicyclic) bond motifs is 1. The van der Waals surface area contributed by atoms with Gasteiger partial charge in [0.15, 0.2) is 5.58 Å². The third kappa shape index (κ3) is 7.21. The number of piperidine rings is 1. The quantitative estimate of drug-likeness (QED) is 0.508. The number of hydrogen-bond acceptors (Lipinski definition) is 6. The number of benzene rings is 1. The van der Waals surface area contributed by atoms with Crippen LogP contribution in [0.5, 0.6) is 5.75 Å². The van der Waals surface area contributed by atoms with Gasteiger partial charge in [0.1, 0.15) is 5.75 Å². The maximum atomic E-state index is 9.71. The molecule has 0 radical (unpaired) electrons. The van der Waals surface area contributed by atoms with Crippen LogP contribution in [0.2, 0.25) is 0 Å². The molecule has 2 unspecified atom stereocenters. The minimum absolute atomic E-state index is 0.375. The highest BCUT2D eigenvalue weighted by Gasteiger charge is 2.28. The van der Waals surface area contributed by atoms with E-state index in [2.05, 4.69) is 34.4 Å². The lowest BCUT2D eigenvalue weighted by Crippen LogP contribution is -2.40. The molecular formula is C29H47N3O3. The summed E-state index contributed by atoms with van der Waals surface area (Å²) in [7, 11) is 3.75. The molecule has 6 heteroatoms. The van der Waals surface area contributed by atoms with Gasteiger partial charge in [-0.15, -0.1) is 0 Å². The average Bonchev–Trinajstić information content (AvgIpc) is 3.62. The Kier molecular flexibility index (Phi) is 9.87. The van der Waals surface area contributed by atoms with E-state index >= 15 is 0 Å². The lowest BCUT2D eigenvalue weighted by molar-refractivity contribution is 0.0826.